The average molecular weight is 355 g/mol. The number of hydrogen-bond donors (Lipinski definition) is 3. The van der Waals surface area contributed by atoms with E-state index >= 15 is 0 Å². The standard InChI is InChI=1S/C19H21N3O2S/c1-2-3-9-17(23)22-19(25)21-16-12-10-15(11-13-16)20-18(24)14-7-5-4-6-8-14/h4-8,10-13H,2-3,9H2,1H3,(H,20,24)(H2,21,22,23,25). The summed E-state index contributed by atoms with van der Waals surface area (Å²) in [5.74, 6) is -0.258. The monoisotopic (exact) mass is 355 g/mol. The second-order valence-electron chi connectivity index (χ2n) is 5.50. The van der Waals surface area contributed by atoms with Gasteiger partial charge in [-0.15, -0.1) is 0 Å². The number of benzene rings is 2. The third-order valence-electron chi connectivity index (χ3n) is 3.45. The minimum atomic E-state index is -0.167. The van der Waals surface area contributed by atoms with Gasteiger partial charge in [-0.2, -0.15) is 0 Å². The van der Waals surface area contributed by atoms with Gasteiger partial charge in [0.1, 0.15) is 0 Å². The van der Waals surface area contributed by atoms with Crippen molar-refractivity contribution >= 4 is 40.5 Å². The van der Waals surface area contributed by atoms with Crippen molar-refractivity contribution in [1.29, 1.82) is 0 Å². The Morgan fingerprint density at radius 1 is 0.920 bits per heavy atom. The maximum Gasteiger partial charge on any atom is 0.255 e. The van der Waals surface area contributed by atoms with Gasteiger partial charge >= 0.3 is 0 Å². The fourth-order valence-electron chi connectivity index (χ4n) is 2.12. The molecule has 2 aromatic carbocycles. The Bertz CT molecular complexity index is 730. The molecule has 0 unspecified atom stereocenters. The summed E-state index contributed by atoms with van der Waals surface area (Å²) in [6.07, 6.45) is 2.26. The third-order valence-corrected chi connectivity index (χ3v) is 3.65. The number of carbonyl (C=O) groups is 2. The molecule has 3 N–H and O–H groups in total. The van der Waals surface area contributed by atoms with E-state index in [2.05, 4.69) is 16.0 Å². The molecule has 2 aromatic rings. The Balaban J connectivity index is 1.86. The van der Waals surface area contributed by atoms with Crippen LogP contribution in [0.25, 0.3) is 0 Å². The Hall–Kier alpha value is -2.73. The fraction of sp³-hybridized carbons (Fsp3) is 0.211. The molecule has 2 amide bonds. The summed E-state index contributed by atoms with van der Waals surface area (Å²) in [5.41, 5.74) is 2.01. The van der Waals surface area contributed by atoms with Gasteiger partial charge in [0, 0.05) is 23.4 Å². The van der Waals surface area contributed by atoms with Gasteiger partial charge in [-0.05, 0) is 55.0 Å². The smallest absolute Gasteiger partial charge is 0.255 e. The van der Waals surface area contributed by atoms with Crippen LogP contribution < -0.4 is 16.0 Å². The molecule has 0 radical (unpaired) electrons. The van der Waals surface area contributed by atoms with Crippen LogP contribution in [-0.4, -0.2) is 16.9 Å². The number of anilines is 2. The topological polar surface area (TPSA) is 70.2 Å². The predicted octanol–water partition coefficient (Wildman–Crippen LogP) is 3.94. The first-order valence-corrected chi connectivity index (χ1v) is 8.56. The molecule has 0 saturated heterocycles. The van der Waals surface area contributed by atoms with Crippen molar-refractivity contribution in [3.63, 3.8) is 0 Å². The van der Waals surface area contributed by atoms with Gasteiger partial charge in [0.05, 0.1) is 0 Å². The Morgan fingerprint density at radius 2 is 1.52 bits per heavy atom. The maximum absolute atomic E-state index is 12.1. The first-order chi connectivity index (χ1) is 12.1. The molecule has 6 heteroatoms. The maximum atomic E-state index is 12.1. The summed E-state index contributed by atoms with van der Waals surface area (Å²) < 4.78 is 0. The molecule has 0 spiro atoms. The lowest BCUT2D eigenvalue weighted by Gasteiger charge is -2.10. The van der Waals surface area contributed by atoms with Crippen LogP contribution in [0.4, 0.5) is 11.4 Å². The number of unbranched alkanes of at least 4 members (excludes halogenated alkanes) is 1. The molecule has 5 nitrogen and oxygen atoms in total. The highest BCUT2D eigenvalue weighted by atomic mass is 32.1. The zero-order valence-corrected chi connectivity index (χ0v) is 14.9. The molecule has 0 aromatic heterocycles. The van der Waals surface area contributed by atoms with E-state index in [0.717, 1.165) is 18.5 Å². The van der Waals surface area contributed by atoms with E-state index in [1.807, 2.05) is 25.1 Å². The molecule has 0 heterocycles. The minimum absolute atomic E-state index is 0.0916. The third kappa shape index (κ3) is 6.35. The van der Waals surface area contributed by atoms with Crippen molar-refractivity contribution in [2.24, 2.45) is 0 Å². The molecule has 25 heavy (non-hydrogen) atoms. The highest BCUT2D eigenvalue weighted by Gasteiger charge is 2.06. The quantitative estimate of drug-likeness (QED) is 0.687. The zero-order valence-electron chi connectivity index (χ0n) is 14.0. The van der Waals surface area contributed by atoms with E-state index in [0.29, 0.717) is 17.7 Å². The Kier molecular flexibility index (Phi) is 7.10. The predicted molar refractivity (Wildman–Crippen MR) is 105 cm³/mol. The summed E-state index contributed by atoms with van der Waals surface area (Å²) >= 11 is 5.12. The number of hydrogen-bond acceptors (Lipinski definition) is 3. The molecule has 0 saturated carbocycles. The molecule has 2 rings (SSSR count). The van der Waals surface area contributed by atoms with Crippen LogP contribution in [0.1, 0.15) is 36.5 Å². The minimum Gasteiger partial charge on any atom is -0.332 e. The highest BCUT2D eigenvalue weighted by molar-refractivity contribution is 7.80. The van der Waals surface area contributed by atoms with Crippen molar-refractivity contribution in [2.75, 3.05) is 10.6 Å². The molecular formula is C19H21N3O2S. The van der Waals surface area contributed by atoms with Crippen LogP contribution in [0.15, 0.2) is 54.6 Å². The molecule has 0 aliphatic rings. The summed E-state index contributed by atoms with van der Waals surface area (Å²) in [4.78, 5) is 23.7. The van der Waals surface area contributed by atoms with Crippen molar-refractivity contribution < 1.29 is 9.59 Å². The molecular weight excluding hydrogens is 334 g/mol. The van der Waals surface area contributed by atoms with Gasteiger partial charge in [-0.1, -0.05) is 31.5 Å². The van der Waals surface area contributed by atoms with Crippen LogP contribution in [0, 0.1) is 0 Å². The van der Waals surface area contributed by atoms with Crippen LogP contribution >= 0.6 is 12.2 Å². The van der Waals surface area contributed by atoms with E-state index in [9.17, 15) is 9.59 Å². The van der Waals surface area contributed by atoms with Gasteiger partial charge in [0.2, 0.25) is 5.91 Å². The normalized spacial score (nSPS) is 9.96. The van der Waals surface area contributed by atoms with E-state index in [1.165, 1.54) is 0 Å². The van der Waals surface area contributed by atoms with Gasteiger partial charge < -0.3 is 16.0 Å². The lowest BCUT2D eigenvalue weighted by molar-refractivity contribution is -0.119. The molecule has 0 aliphatic heterocycles. The van der Waals surface area contributed by atoms with Crippen molar-refractivity contribution in [1.82, 2.24) is 5.32 Å². The van der Waals surface area contributed by atoms with Gasteiger partial charge in [-0.3, -0.25) is 9.59 Å². The van der Waals surface area contributed by atoms with Crippen molar-refractivity contribution in [3.05, 3.63) is 60.2 Å². The molecule has 130 valence electrons. The first kappa shape index (κ1) is 18.6. The summed E-state index contributed by atoms with van der Waals surface area (Å²) in [6, 6.07) is 16.1. The summed E-state index contributed by atoms with van der Waals surface area (Å²) in [5, 5.41) is 8.68. The molecule has 0 bridgehead atoms. The lowest BCUT2D eigenvalue weighted by atomic mass is 10.2. The Morgan fingerprint density at radius 3 is 2.12 bits per heavy atom. The number of amides is 2. The van der Waals surface area contributed by atoms with E-state index in [1.54, 1.807) is 36.4 Å². The number of thiocarbonyl (C=S) groups is 1. The number of rotatable bonds is 6. The van der Waals surface area contributed by atoms with E-state index in [4.69, 9.17) is 12.2 Å². The van der Waals surface area contributed by atoms with Crippen LogP contribution in [0.3, 0.4) is 0 Å². The van der Waals surface area contributed by atoms with Crippen LogP contribution in [0.2, 0.25) is 0 Å². The molecule has 0 atom stereocenters. The SMILES string of the molecule is CCCCC(=O)NC(=S)Nc1ccc(NC(=O)c2ccccc2)cc1. The highest BCUT2D eigenvalue weighted by Crippen LogP contribution is 2.14. The lowest BCUT2D eigenvalue weighted by Crippen LogP contribution is -2.33. The van der Waals surface area contributed by atoms with Gasteiger partial charge in [0.15, 0.2) is 5.11 Å². The van der Waals surface area contributed by atoms with E-state index < -0.39 is 0 Å². The van der Waals surface area contributed by atoms with Gasteiger partial charge in [-0.25, -0.2) is 0 Å². The summed E-state index contributed by atoms with van der Waals surface area (Å²) in [6.45, 7) is 2.03. The first-order valence-electron chi connectivity index (χ1n) is 8.16. The number of nitrogens with one attached hydrogen (secondary N) is 3. The zero-order chi connectivity index (χ0) is 18.1. The van der Waals surface area contributed by atoms with E-state index in [-0.39, 0.29) is 16.9 Å². The Labute approximate surface area is 152 Å². The second kappa shape index (κ2) is 9.54. The average Bonchev–Trinajstić information content (AvgIpc) is 2.62. The van der Waals surface area contributed by atoms with Crippen LogP contribution in [-0.2, 0) is 4.79 Å². The molecule has 0 aliphatic carbocycles. The molecule has 0 fully saturated rings. The number of carbonyl (C=O) groups excluding carboxylic acids is 2. The summed E-state index contributed by atoms with van der Waals surface area (Å²) in [7, 11) is 0. The second-order valence-corrected chi connectivity index (χ2v) is 5.91. The van der Waals surface area contributed by atoms with Crippen molar-refractivity contribution in [2.45, 2.75) is 26.2 Å². The fourth-order valence-corrected chi connectivity index (χ4v) is 2.35. The van der Waals surface area contributed by atoms with Crippen LogP contribution in [0.5, 0.6) is 0 Å². The van der Waals surface area contributed by atoms with Crippen molar-refractivity contribution in [3.8, 4) is 0 Å². The van der Waals surface area contributed by atoms with Gasteiger partial charge in [0.25, 0.3) is 5.91 Å². The largest absolute Gasteiger partial charge is 0.332 e.